The van der Waals surface area contributed by atoms with Gasteiger partial charge >= 0.3 is 0 Å². The zero-order valence-corrected chi connectivity index (χ0v) is 30.9. The van der Waals surface area contributed by atoms with Crippen LogP contribution in [-0.2, 0) is 0 Å². The summed E-state index contributed by atoms with van der Waals surface area (Å²) in [6.45, 7) is 0. The van der Waals surface area contributed by atoms with Crippen molar-refractivity contribution in [2.75, 3.05) is 0 Å². The van der Waals surface area contributed by atoms with E-state index >= 15 is 0 Å². The molecule has 0 saturated carbocycles. The van der Waals surface area contributed by atoms with Crippen LogP contribution in [0.2, 0.25) is 0 Å². The van der Waals surface area contributed by atoms with Gasteiger partial charge in [0.1, 0.15) is 11.2 Å². The minimum Gasteiger partial charge on any atom is -0.455 e. The highest BCUT2D eigenvalue weighted by Crippen LogP contribution is 2.42. The standard InChI is InChI=1S/C54H34N2O/c1-2-12-39(13-3-1)55-49-21-8-5-16-47(49)53-41(17-11-22-50(53)55)38-30-33-44-43-14-4-7-20-48(43)56(51(44)34-38)40-31-28-36(29-32-40)35-24-26-37(27-25-35)42-18-10-19-46-45-15-6-9-23-52(45)57-54(42)46/h1-34H. The number of aromatic nitrogens is 2. The summed E-state index contributed by atoms with van der Waals surface area (Å²) in [6.07, 6.45) is 0. The minimum absolute atomic E-state index is 0.917. The molecule has 0 saturated heterocycles. The van der Waals surface area contributed by atoms with Crippen molar-refractivity contribution in [3.8, 4) is 44.8 Å². The average Bonchev–Trinajstić information content (AvgIpc) is 3.94. The lowest BCUT2D eigenvalue weighted by Gasteiger charge is -2.12. The second-order valence-electron chi connectivity index (χ2n) is 14.9. The predicted molar refractivity (Wildman–Crippen MR) is 239 cm³/mol. The molecule has 57 heavy (non-hydrogen) atoms. The maximum absolute atomic E-state index is 6.35. The van der Waals surface area contributed by atoms with Crippen LogP contribution in [0.25, 0.3) is 110 Å². The second-order valence-corrected chi connectivity index (χ2v) is 14.9. The Bertz CT molecular complexity index is 3490. The van der Waals surface area contributed by atoms with E-state index in [0.717, 1.165) is 44.4 Å². The zero-order chi connectivity index (χ0) is 37.5. The molecule has 0 N–H and O–H groups in total. The molecule has 9 aromatic carbocycles. The summed E-state index contributed by atoms with van der Waals surface area (Å²) in [7, 11) is 0. The lowest BCUT2D eigenvalue weighted by Crippen LogP contribution is -1.94. The van der Waals surface area contributed by atoms with E-state index in [9.17, 15) is 0 Å². The molecule has 3 nitrogen and oxygen atoms in total. The van der Waals surface area contributed by atoms with Crippen molar-refractivity contribution in [3.05, 3.63) is 206 Å². The highest BCUT2D eigenvalue weighted by Gasteiger charge is 2.19. The molecule has 3 aromatic heterocycles. The van der Waals surface area contributed by atoms with Crippen molar-refractivity contribution in [2.45, 2.75) is 0 Å². The molecular formula is C54H34N2O. The molecule has 0 aliphatic heterocycles. The molecule has 0 fully saturated rings. The number of benzene rings is 9. The Balaban J connectivity index is 0.955. The third-order valence-corrected chi connectivity index (χ3v) is 11.8. The first-order valence-corrected chi connectivity index (χ1v) is 19.5. The minimum atomic E-state index is 0.917. The summed E-state index contributed by atoms with van der Waals surface area (Å²) in [5, 5.41) is 7.30. The van der Waals surface area contributed by atoms with Crippen LogP contribution in [0.3, 0.4) is 0 Å². The van der Waals surface area contributed by atoms with Crippen molar-refractivity contribution in [1.29, 1.82) is 0 Å². The summed E-state index contributed by atoms with van der Waals surface area (Å²) in [4.78, 5) is 0. The molecule has 266 valence electrons. The molecule has 0 radical (unpaired) electrons. The lowest BCUT2D eigenvalue weighted by molar-refractivity contribution is 0.670. The van der Waals surface area contributed by atoms with E-state index in [-0.39, 0.29) is 0 Å². The van der Waals surface area contributed by atoms with E-state index in [1.54, 1.807) is 0 Å². The van der Waals surface area contributed by atoms with Gasteiger partial charge < -0.3 is 13.6 Å². The van der Waals surface area contributed by atoms with Crippen LogP contribution in [0.1, 0.15) is 0 Å². The van der Waals surface area contributed by atoms with Crippen molar-refractivity contribution >= 4 is 65.6 Å². The van der Waals surface area contributed by atoms with Crippen LogP contribution >= 0.6 is 0 Å². The SMILES string of the molecule is c1ccc(-n2c3ccccc3c3c(-c4ccc5c6ccccc6n(-c6ccc(-c7ccc(-c8cccc9c8oc8ccccc89)cc7)cc6)c5c4)cccc32)cc1. The van der Waals surface area contributed by atoms with Crippen LogP contribution < -0.4 is 0 Å². The average molecular weight is 727 g/mol. The quantitative estimate of drug-likeness (QED) is 0.173. The maximum Gasteiger partial charge on any atom is 0.143 e. The van der Waals surface area contributed by atoms with Crippen LogP contribution in [0.15, 0.2) is 211 Å². The Morgan fingerprint density at radius 3 is 1.63 bits per heavy atom. The van der Waals surface area contributed by atoms with Crippen molar-refractivity contribution < 1.29 is 4.42 Å². The molecule has 0 spiro atoms. The maximum atomic E-state index is 6.35. The lowest BCUT2D eigenvalue weighted by atomic mass is 9.98. The second kappa shape index (κ2) is 12.5. The molecule has 0 bridgehead atoms. The fourth-order valence-electron chi connectivity index (χ4n) is 9.15. The topological polar surface area (TPSA) is 23.0 Å². The van der Waals surface area contributed by atoms with Crippen LogP contribution in [0, 0.1) is 0 Å². The fourth-order valence-corrected chi connectivity index (χ4v) is 9.15. The number of para-hydroxylation sites is 5. The van der Waals surface area contributed by atoms with E-state index in [1.165, 1.54) is 65.9 Å². The molecule has 0 aliphatic rings. The fraction of sp³-hybridized carbons (Fsp3) is 0. The molecule has 0 atom stereocenters. The van der Waals surface area contributed by atoms with Gasteiger partial charge in [0, 0.05) is 49.3 Å². The van der Waals surface area contributed by atoms with Gasteiger partial charge in [-0.25, -0.2) is 0 Å². The van der Waals surface area contributed by atoms with E-state index in [0.29, 0.717) is 0 Å². The summed E-state index contributed by atoms with van der Waals surface area (Å²) in [6, 6.07) is 74.4. The van der Waals surface area contributed by atoms with Gasteiger partial charge in [-0.1, -0.05) is 152 Å². The number of furan rings is 1. The molecule has 0 unspecified atom stereocenters. The number of hydrogen-bond donors (Lipinski definition) is 0. The monoisotopic (exact) mass is 726 g/mol. The van der Waals surface area contributed by atoms with Crippen molar-refractivity contribution in [1.82, 2.24) is 9.13 Å². The van der Waals surface area contributed by atoms with Gasteiger partial charge in [0.15, 0.2) is 0 Å². The molecule has 3 heteroatoms. The van der Waals surface area contributed by atoms with Crippen molar-refractivity contribution in [2.24, 2.45) is 0 Å². The molecule has 12 rings (SSSR count). The Labute approximate surface area is 328 Å². The van der Waals surface area contributed by atoms with Gasteiger partial charge in [0.2, 0.25) is 0 Å². The van der Waals surface area contributed by atoms with Gasteiger partial charge in [-0.2, -0.15) is 0 Å². The highest BCUT2D eigenvalue weighted by molar-refractivity contribution is 6.17. The first-order valence-electron chi connectivity index (χ1n) is 19.5. The van der Waals surface area contributed by atoms with E-state index < -0.39 is 0 Å². The van der Waals surface area contributed by atoms with Gasteiger partial charge in [-0.15, -0.1) is 0 Å². The molecule has 12 aromatic rings. The molecular weight excluding hydrogens is 693 g/mol. The Kier molecular flexibility index (Phi) is 6.93. The Morgan fingerprint density at radius 2 is 0.825 bits per heavy atom. The normalized spacial score (nSPS) is 11.9. The van der Waals surface area contributed by atoms with E-state index in [4.69, 9.17) is 4.42 Å². The molecule has 3 heterocycles. The van der Waals surface area contributed by atoms with Gasteiger partial charge in [0.25, 0.3) is 0 Å². The summed E-state index contributed by atoms with van der Waals surface area (Å²) in [5.41, 5.74) is 16.0. The third-order valence-electron chi connectivity index (χ3n) is 11.8. The number of nitrogens with zero attached hydrogens (tertiary/aromatic N) is 2. The number of fused-ring (bicyclic) bond motifs is 9. The summed E-state index contributed by atoms with van der Waals surface area (Å²) in [5.74, 6) is 0. The number of hydrogen-bond acceptors (Lipinski definition) is 1. The van der Waals surface area contributed by atoms with Crippen LogP contribution in [-0.4, -0.2) is 9.13 Å². The predicted octanol–water partition coefficient (Wildman–Crippen LogP) is 14.8. The Morgan fingerprint density at radius 1 is 0.298 bits per heavy atom. The first-order chi connectivity index (χ1) is 28.3. The third kappa shape index (κ3) is 4.86. The molecule has 0 amide bonds. The van der Waals surface area contributed by atoms with E-state index in [1.807, 2.05) is 12.1 Å². The molecule has 0 aliphatic carbocycles. The van der Waals surface area contributed by atoms with Crippen LogP contribution in [0.4, 0.5) is 0 Å². The number of rotatable bonds is 5. The highest BCUT2D eigenvalue weighted by atomic mass is 16.3. The Hall–Kier alpha value is -7.62. The van der Waals surface area contributed by atoms with Gasteiger partial charge in [0.05, 0.1) is 22.1 Å². The summed E-state index contributed by atoms with van der Waals surface area (Å²) >= 11 is 0. The summed E-state index contributed by atoms with van der Waals surface area (Å²) < 4.78 is 11.2. The van der Waals surface area contributed by atoms with Crippen molar-refractivity contribution in [3.63, 3.8) is 0 Å². The van der Waals surface area contributed by atoms with Gasteiger partial charge in [-0.3, -0.25) is 0 Å². The van der Waals surface area contributed by atoms with Crippen LogP contribution in [0.5, 0.6) is 0 Å². The first kappa shape index (κ1) is 31.7. The smallest absolute Gasteiger partial charge is 0.143 e. The van der Waals surface area contributed by atoms with E-state index in [2.05, 4.69) is 203 Å². The zero-order valence-electron chi connectivity index (χ0n) is 30.9. The van der Waals surface area contributed by atoms with Gasteiger partial charge in [-0.05, 0) is 82.4 Å². The largest absolute Gasteiger partial charge is 0.455 e.